The Balaban J connectivity index is 0.972. The molecule has 2 fully saturated rings. The van der Waals surface area contributed by atoms with Crippen LogP contribution in [-0.2, 0) is 24.2 Å². The van der Waals surface area contributed by atoms with Crippen LogP contribution in [0.2, 0.25) is 10.0 Å². The lowest BCUT2D eigenvalue weighted by Gasteiger charge is -2.24. The van der Waals surface area contributed by atoms with Gasteiger partial charge in [-0.25, -0.2) is 0 Å². The van der Waals surface area contributed by atoms with Crippen molar-refractivity contribution in [1.82, 2.24) is 20.5 Å². The first-order valence-corrected chi connectivity index (χ1v) is 19.8. The largest absolute Gasteiger partial charge is 0.481 e. The predicted octanol–water partition coefficient (Wildman–Crippen LogP) is 7.84. The average molecular weight is 779 g/mol. The zero-order valence-electron chi connectivity index (χ0n) is 30.5. The molecule has 9 rings (SSSR count). The highest BCUT2D eigenvalue weighted by molar-refractivity contribution is 6.36. The number of carbonyl (C=O) groups is 1. The molecule has 2 aliphatic heterocycles. The molecule has 2 aromatic heterocycles. The molecular weight excluding hydrogens is 737 g/mol. The van der Waals surface area contributed by atoms with Crippen molar-refractivity contribution in [3.63, 3.8) is 0 Å². The second-order valence-electron chi connectivity index (χ2n) is 15.0. The SMILES string of the molecule is COc1nc(O[C@H]2CCc3c(-c4cccc(-c5cc6cc7c(c(C#N)c6o5)CC[C@H]7N5CC[C@@H](O)C5)c4Cl)cccc32)c(Cl)cc1CNC[C@H]1CCC(=O)N1. The molecule has 0 spiro atoms. The summed E-state index contributed by atoms with van der Waals surface area (Å²) in [6, 6.07) is 20.9. The highest BCUT2D eigenvalue weighted by atomic mass is 35.5. The standard InChI is InChI=1S/C43H41Cl2N5O5/c1-53-42-24(20-47-21-25-8-13-39(52)48-25)17-35(44)43(49-42)55-37-12-10-28-27(4-2-5-30(28)37)31-6-3-7-32(40(31)45)38-18-23-16-33-29(34(19-46)41(23)54-38)9-11-36(33)50-15-14-26(51)22-50/h2-7,16-18,25-26,36-37,47,51H,8-15,20-22H2,1H3,(H,48,52)/t25-,26-,36-,37+/m1/s1. The third kappa shape index (κ3) is 6.62. The van der Waals surface area contributed by atoms with Gasteiger partial charge in [0.15, 0.2) is 5.58 Å². The van der Waals surface area contributed by atoms with E-state index in [1.54, 1.807) is 7.11 Å². The maximum atomic E-state index is 11.6. The van der Waals surface area contributed by atoms with Crippen molar-refractivity contribution in [2.45, 2.75) is 75.8 Å². The van der Waals surface area contributed by atoms with Gasteiger partial charge < -0.3 is 29.6 Å². The topological polar surface area (TPSA) is 133 Å². The van der Waals surface area contributed by atoms with E-state index < -0.39 is 0 Å². The molecular formula is C43H41Cl2N5O5. The van der Waals surface area contributed by atoms with E-state index in [0.29, 0.717) is 64.8 Å². The first-order chi connectivity index (χ1) is 26.8. The molecule has 0 radical (unpaired) electrons. The van der Waals surface area contributed by atoms with E-state index in [4.69, 9.17) is 37.1 Å². The normalized spacial score (nSPS) is 21.8. The fourth-order valence-corrected chi connectivity index (χ4v) is 9.62. The molecule has 3 N–H and O–H groups in total. The average Bonchev–Trinajstić information content (AvgIpc) is 4.03. The van der Waals surface area contributed by atoms with Gasteiger partial charge in [-0.05, 0) is 90.6 Å². The van der Waals surface area contributed by atoms with Crippen molar-refractivity contribution in [2.75, 3.05) is 26.7 Å². The van der Waals surface area contributed by atoms with E-state index in [1.807, 2.05) is 36.4 Å². The summed E-state index contributed by atoms with van der Waals surface area (Å²) in [5.74, 6) is 1.44. The molecule has 0 saturated carbocycles. The quantitative estimate of drug-likeness (QED) is 0.130. The smallest absolute Gasteiger partial charge is 0.236 e. The van der Waals surface area contributed by atoms with Crippen LogP contribution in [0.25, 0.3) is 33.4 Å². The van der Waals surface area contributed by atoms with Crippen LogP contribution in [0.3, 0.4) is 0 Å². The number of hydrogen-bond donors (Lipinski definition) is 3. The third-order valence-corrected chi connectivity index (χ3v) is 12.4. The summed E-state index contributed by atoms with van der Waals surface area (Å²) >= 11 is 14.0. The predicted molar refractivity (Wildman–Crippen MR) is 210 cm³/mol. The summed E-state index contributed by atoms with van der Waals surface area (Å²) in [6.45, 7) is 2.65. The number of aliphatic hydroxyl groups excluding tert-OH is 1. The Labute approximate surface area is 329 Å². The Kier molecular flexibility index (Phi) is 9.69. The number of pyridine rings is 1. The monoisotopic (exact) mass is 777 g/mol. The Morgan fingerprint density at radius 3 is 2.60 bits per heavy atom. The molecule has 282 valence electrons. The molecule has 2 saturated heterocycles. The van der Waals surface area contributed by atoms with Crippen molar-refractivity contribution in [3.05, 3.63) is 98.0 Å². The minimum atomic E-state index is -0.298. The van der Waals surface area contributed by atoms with Gasteiger partial charge in [0.2, 0.25) is 17.7 Å². The Morgan fingerprint density at radius 1 is 1.00 bits per heavy atom. The molecule has 0 bridgehead atoms. The van der Waals surface area contributed by atoms with E-state index >= 15 is 0 Å². The summed E-state index contributed by atoms with van der Waals surface area (Å²) in [7, 11) is 1.58. The van der Waals surface area contributed by atoms with E-state index in [2.05, 4.69) is 44.8 Å². The number of hydrogen-bond acceptors (Lipinski definition) is 9. The molecule has 4 aliphatic rings. The summed E-state index contributed by atoms with van der Waals surface area (Å²) in [5.41, 5.74) is 9.07. The van der Waals surface area contributed by atoms with Gasteiger partial charge in [0.1, 0.15) is 23.0 Å². The molecule has 2 aliphatic carbocycles. The number of aliphatic hydroxyl groups is 1. The van der Waals surface area contributed by atoms with E-state index in [0.717, 1.165) is 95.0 Å². The first kappa shape index (κ1) is 36.0. The van der Waals surface area contributed by atoms with Gasteiger partial charge in [-0.15, -0.1) is 0 Å². The highest BCUT2D eigenvalue weighted by Crippen LogP contribution is 2.47. The zero-order valence-corrected chi connectivity index (χ0v) is 32.0. The van der Waals surface area contributed by atoms with Crippen LogP contribution in [0.4, 0.5) is 0 Å². The van der Waals surface area contributed by atoms with Crippen LogP contribution in [0.5, 0.6) is 11.8 Å². The number of rotatable bonds is 10. The van der Waals surface area contributed by atoms with E-state index in [9.17, 15) is 15.2 Å². The molecule has 4 heterocycles. The van der Waals surface area contributed by atoms with Crippen molar-refractivity contribution in [1.29, 1.82) is 5.26 Å². The lowest BCUT2D eigenvalue weighted by Crippen LogP contribution is -2.35. The molecule has 3 aromatic carbocycles. The number of methoxy groups -OCH3 is 1. The van der Waals surface area contributed by atoms with E-state index in [-0.39, 0.29) is 30.2 Å². The van der Waals surface area contributed by atoms with Gasteiger partial charge >= 0.3 is 0 Å². The number of benzene rings is 3. The summed E-state index contributed by atoms with van der Waals surface area (Å²) in [5, 5.41) is 28.7. The van der Waals surface area contributed by atoms with Crippen molar-refractivity contribution in [2.24, 2.45) is 0 Å². The van der Waals surface area contributed by atoms with Crippen molar-refractivity contribution in [3.8, 4) is 40.3 Å². The number of ether oxygens (including phenoxy) is 2. The number of nitrogens with one attached hydrogen (secondary N) is 2. The second-order valence-corrected chi connectivity index (χ2v) is 15.8. The van der Waals surface area contributed by atoms with Crippen LogP contribution in [0.15, 0.2) is 59.0 Å². The number of aromatic nitrogens is 1. The third-order valence-electron chi connectivity index (χ3n) is 11.7. The second kappa shape index (κ2) is 14.8. The number of likely N-dealkylation sites (tertiary alicyclic amines) is 1. The lowest BCUT2D eigenvalue weighted by molar-refractivity contribution is -0.119. The van der Waals surface area contributed by atoms with Crippen LogP contribution in [0, 0.1) is 11.3 Å². The molecule has 1 amide bonds. The van der Waals surface area contributed by atoms with Crippen molar-refractivity contribution < 1.29 is 23.8 Å². The number of carbonyl (C=O) groups excluding carboxylic acids is 1. The van der Waals surface area contributed by atoms with Gasteiger partial charge in [-0.2, -0.15) is 10.2 Å². The molecule has 12 heteroatoms. The molecule has 4 atom stereocenters. The number of β-amino-alcohol motifs (C(OH)–C–C–N with tert-alkyl or cyclic N) is 1. The van der Waals surface area contributed by atoms with Crippen LogP contribution >= 0.6 is 23.2 Å². The Morgan fingerprint density at radius 2 is 1.82 bits per heavy atom. The van der Waals surface area contributed by atoms with Gasteiger partial charge in [-0.3, -0.25) is 9.69 Å². The number of nitriles is 1. The molecule has 0 unspecified atom stereocenters. The minimum Gasteiger partial charge on any atom is -0.481 e. The molecule has 10 nitrogen and oxygen atoms in total. The Hall–Kier alpha value is -4.63. The number of fused-ring (bicyclic) bond motifs is 3. The zero-order chi connectivity index (χ0) is 37.8. The minimum absolute atomic E-state index is 0.0868. The number of amides is 1. The van der Waals surface area contributed by atoms with Crippen LogP contribution in [-0.4, -0.2) is 59.8 Å². The molecule has 5 aromatic rings. The van der Waals surface area contributed by atoms with Crippen LogP contribution < -0.4 is 20.1 Å². The van der Waals surface area contributed by atoms with Gasteiger partial charge in [0.25, 0.3) is 0 Å². The maximum Gasteiger partial charge on any atom is 0.236 e. The fraction of sp³-hybridized carbons (Fsp3) is 0.372. The summed E-state index contributed by atoms with van der Waals surface area (Å²) in [6.07, 6.45) is 4.85. The maximum absolute atomic E-state index is 11.6. The fourth-order valence-electron chi connectivity index (χ4n) is 9.08. The first-order valence-electron chi connectivity index (χ1n) is 19.0. The van der Waals surface area contributed by atoms with Gasteiger partial charge in [-0.1, -0.05) is 53.5 Å². The number of furan rings is 1. The van der Waals surface area contributed by atoms with Crippen molar-refractivity contribution >= 4 is 40.1 Å². The van der Waals surface area contributed by atoms with E-state index in [1.165, 1.54) is 0 Å². The van der Waals surface area contributed by atoms with Gasteiger partial charge in [0.05, 0.1) is 23.8 Å². The number of halogens is 2. The van der Waals surface area contributed by atoms with Gasteiger partial charge in [0, 0.05) is 66.8 Å². The molecule has 55 heavy (non-hydrogen) atoms. The highest BCUT2D eigenvalue weighted by Gasteiger charge is 2.35. The lowest BCUT2D eigenvalue weighted by atomic mass is 9.95. The Bertz CT molecular complexity index is 2370. The summed E-state index contributed by atoms with van der Waals surface area (Å²) in [4.78, 5) is 18.6. The summed E-state index contributed by atoms with van der Waals surface area (Å²) < 4.78 is 18.6. The number of nitrogens with zero attached hydrogens (tertiary/aromatic N) is 3. The van der Waals surface area contributed by atoms with Crippen LogP contribution in [0.1, 0.15) is 77.6 Å².